The van der Waals surface area contributed by atoms with Crippen molar-refractivity contribution in [2.24, 2.45) is 5.92 Å². The SMILES string of the molecule is CC1CCN(c2ccc([N]C(=O)N3CCN(CCO)CC3)cc2)CC1. The van der Waals surface area contributed by atoms with Crippen LogP contribution in [0.15, 0.2) is 24.3 Å². The van der Waals surface area contributed by atoms with Crippen molar-refractivity contribution in [1.82, 2.24) is 15.1 Å². The van der Waals surface area contributed by atoms with Crippen molar-refractivity contribution < 1.29 is 9.90 Å². The summed E-state index contributed by atoms with van der Waals surface area (Å²) in [4.78, 5) is 18.7. The van der Waals surface area contributed by atoms with Crippen LogP contribution < -0.4 is 10.2 Å². The third-order valence-corrected chi connectivity index (χ3v) is 5.28. The summed E-state index contributed by atoms with van der Waals surface area (Å²) in [5.41, 5.74) is 1.94. The molecule has 1 aromatic carbocycles. The molecular formula is C19H29N4O2. The highest BCUT2D eigenvalue weighted by atomic mass is 16.3. The molecule has 1 radical (unpaired) electrons. The van der Waals surface area contributed by atoms with Crippen molar-refractivity contribution in [2.45, 2.75) is 19.8 Å². The van der Waals surface area contributed by atoms with Gasteiger partial charge in [0.1, 0.15) is 0 Å². The van der Waals surface area contributed by atoms with Crippen molar-refractivity contribution in [3.8, 4) is 0 Å². The van der Waals surface area contributed by atoms with E-state index < -0.39 is 0 Å². The first-order valence-corrected chi connectivity index (χ1v) is 9.34. The fourth-order valence-corrected chi connectivity index (χ4v) is 3.49. The van der Waals surface area contributed by atoms with Crippen LogP contribution in [-0.4, -0.2) is 73.4 Å². The molecule has 0 bridgehead atoms. The van der Waals surface area contributed by atoms with Gasteiger partial charge in [0.25, 0.3) is 0 Å². The number of benzene rings is 1. The Kier molecular flexibility index (Phi) is 6.15. The van der Waals surface area contributed by atoms with Gasteiger partial charge in [0.2, 0.25) is 0 Å². The Balaban J connectivity index is 1.49. The summed E-state index contributed by atoms with van der Waals surface area (Å²) in [5.74, 6) is 0.820. The number of urea groups is 1. The van der Waals surface area contributed by atoms with E-state index in [1.54, 1.807) is 4.90 Å². The summed E-state index contributed by atoms with van der Waals surface area (Å²) in [7, 11) is 0. The number of hydrogen-bond donors (Lipinski definition) is 1. The molecule has 0 unspecified atom stereocenters. The van der Waals surface area contributed by atoms with Gasteiger partial charge >= 0.3 is 6.03 Å². The fraction of sp³-hybridized carbons (Fsp3) is 0.632. The van der Waals surface area contributed by atoms with Gasteiger partial charge in [-0.15, -0.1) is 0 Å². The molecule has 1 aromatic rings. The Bertz CT molecular complexity index is 547. The molecule has 2 aliphatic heterocycles. The summed E-state index contributed by atoms with van der Waals surface area (Å²) >= 11 is 0. The van der Waals surface area contributed by atoms with E-state index in [0.29, 0.717) is 19.6 Å². The molecular weight excluding hydrogens is 316 g/mol. The molecule has 6 heteroatoms. The molecule has 2 heterocycles. The average Bonchev–Trinajstić information content (AvgIpc) is 2.64. The molecule has 2 aliphatic rings. The monoisotopic (exact) mass is 345 g/mol. The minimum absolute atomic E-state index is 0.164. The van der Waals surface area contributed by atoms with E-state index in [1.165, 1.54) is 18.5 Å². The van der Waals surface area contributed by atoms with E-state index >= 15 is 0 Å². The van der Waals surface area contributed by atoms with Gasteiger partial charge in [-0.2, -0.15) is 5.32 Å². The molecule has 0 aliphatic carbocycles. The highest BCUT2D eigenvalue weighted by molar-refractivity contribution is 5.79. The van der Waals surface area contributed by atoms with E-state index in [4.69, 9.17) is 5.11 Å². The van der Waals surface area contributed by atoms with Crippen LogP contribution in [-0.2, 0) is 0 Å². The first-order valence-electron chi connectivity index (χ1n) is 9.34. The summed E-state index contributed by atoms with van der Waals surface area (Å²) in [6.07, 6.45) is 2.49. The Hall–Kier alpha value is -1.79. The molecule has 0 atom stereocenters. The standard InChI is InChI=1S/C19H29N4O2/c1-16-6-8-22(9-7-16)18-4-2-17(3-5-18)20-19(25)23-12-10-21(11-13-23)14-15-24/h2-5,16,24H,6-15H2,1H3. The van der Waals surface area contributed by atoms with Crippen LogP contribution in [0, 0.1) is 5.92 Å². The summed E-state index contributed by atoms with van der Waals surface area (Å²) < 4.78 is 0. The van der Waals surface area contributed by atoms with Crippen LogP contribution in [0.4, 0.5) is 16.2 Å². The van der Waals surface area contributed by atoms with E-state index in [-0.39, 0.29) is 12.6 Å². The maximum absolute atomic E-state index is 12.3. The predicted octanol–water partition coefficient (Wildman–Crippen LogP) is 1.89. The predicted molar refractivity (Wildman–Crippen MR) is 99.3 cm³/mol. The number of rotatable bonds is 4. The molecule has 0 spiro atoms. The molecule has 2 amide bonds. The fourth-order valence-electron chi connectivity index (χ4n) is 3.49. The molecule has 6 nitrogen and oxygen atoms in total. The van der Waals surface area contributed by atoms with Gasteiger partial charge in [-0.25, -0.2) is 4.79 Å². The van der Waals surface area contributed by atoms with Crippen LogP contribution in [0.1, 0.15) is 19.8 Å². The molecule has 2 saturated heterocycles. The Labute approximate surface area is 150 Å². The lowest BCUT2D eigenvalue weighted by Gasteiger charge is -2.34. The number of anilines is 1. The van der Waals surface area contributed by atoms with Gasteiger partial charge in [0.05, 0.1) is 12.3 Å². The number of β-amino-alcohol motifs (C(OH)–C–C–N with tert-alkyl or cyclic N) is 1. The van der Waals surface area contributed by atoms with Gasteiger partial charge in [-0.1, -0.05) is 6.92 Å². The Morgan fingerprint density at radius 2 is 1.72 bits per heavy atom. The first kappa shape index (κ1) is 18.0. The lowest BCUT2D eigenvalue weighted by molar-refractivity contribution is 0.123. The molecule has 0 aromatic heterocycles. The topological polar surface area (TPSA) is 61.1 Å². The number of amides is 2. The Morgan fingerprint density at radius 3 is 2.32 bits per heavy atom. The lowest BCUT2D eigenvalue weighted by atomic mass is 9.99. The number of piperidine rings is 1. The molecule has 137 valence electrons. The van der Waals surface area contributed by atoms with Crippen molar-refractivity contribution in [3.05, 3.63) is 24.3 Å². The largest absolute Gasteiger partial charge is 0.395 e. The second-order valence-corrected chi connectivity index (χ2v) is 7.13. The van der Waals surface area contributed by atoms with Gasteiger partial charge in [0, 0.05) is 51.5 Å². The molecule has 0 saturated carbocycles. The second-order valence-electron chi connectivity index (χ2n) is 7.13. The van der Waals surface area contributed by atoms with Gasteiger partial charge in [-0.05, 0) is 43.0 Å². The molecule has 3 rings (SSSR count). The van der Waals surface area contributed by atoms with E-state index in [1.807, 2.05) is 12.1 Å². The van der Waals surface area contributed by atoms with Crippen molar-refractivity contribution in [3.63, 3.8) is 0 Å². The van der Waals surface area contributed by atoms with Crippen LogP contribution in [0.3, 0.4) is 0 Å². The van der Waals surface area contributed by atoms with Gasteiger partial charge in [0.15, 0.2) is 0 Å². The third-order valence-electron chi connectivity index (χ3n) is 5.28. The van der Waals surface area contributed by atoms with Crippen LogP contribution in [0.5, 0.6) is 0 Å². The summed E-state index contributed by atoms with van der Waals surface area (Å²) in [5, 5.41) is 13.2. The van der Waals surface area contributed by atoms with E-state index in [9.17, 15) is 4.79 Å². The zero-order chi connectivity index (χ0) is 17.6. The number of aliphatic hydroxyl groups excluding tert-OH is 1. The van der Waals surface area contributed by atoms with Crippen molar-refractivity contribution >= 4 is 17.4 Å². The smallest absolute Gasteiger partial charge is 0.344 e. The molecule has 25 heavy (non-hydrogen) atoms. The van der Waals surface area contributed by atoms with Crippen molar-refractivity contribution in [2.75, 3.05) is 57.3 Å². The van der Waals surface area contributed by atoms with Crippen LogP contribution >= 0.6 is 0 Å². The normalized spacial score (nSPS) is 19.9. The van der Waals surface area contributed by atoms with E-state index in [0.717, 1.165) is 37.8 Å². The minimum Gasteiger partial charge on any atom is -0.395 e. The number of carbonyl (C=O) groups is 1. The number of hydrogen-bond acceptors (Lipinski definition) is 4. The Morgan fingerprint density at radius 1 is 1.08 bits per heavy atom. The maximum Gasteiger partial charge on any atom is 0.344 e. The van der Waals surface area contributed by atoms with Crippen LogP contribution in [0.2, 0.25) is 0 Å². The third kappa shape index (κ3) is 4.86. The zero-order valence-corrected chi connectivity index (χ0v) is 15.1. The highest BCUT2D eigenvalue weighted by Crippen LogP contribution is 2.24. The van der Waals surface area contributed by atoms with Gasteiger partial charge < -0.3 is 14.9 Å². The highest BCUT2D eigenvalue weighted by Gasteiger charge is 2.22. The van der Waals surface area contributed by atoms with Gasteiger partial charge in [-0.3, -0.25) is 4.90 Å². The maximum atomic E-state index is 12.3. The number of carbonyl (C=O) groups excluding carboxylic acids is 1. The number of aliphatic hydroxyl groups is 1. The summed E-state index contributed by atoms with van der Waals surface area (Å²) in [6, 6.07) is 7.85. The van der Waals surface area contributed by atoms with E-state index in [2.05, 4.69) is 34.2 Å². The minimum atomic E-state index is -0.164. The summed E-state index contributed by atoms with van der Waals surface area (Å²) in [6.45, 7) is 8.31. The zero-order valence-electron chi connectivity index (χ0n) is 15.1. The average molecular weight is 345 g/mol. The lowest BCUT2D eigenvalue weighted by Crippen LogP contribution is -2.50. The first-order chi connectivity index (χ1) is 12.2. The second kappa shape index (κ2) is 8.54. The molecule has 1 N–H and O–H groups in total. The van der Waals surface area contributed by atoms with Crippen molar-refractivity contribution in [1.29, 1.82) is 0 Å². The molecule has 2 fully saturated rings. The number of piperazine rings is 1. The van der Waals surface area contributed by atoms with Crippen LogP contribution in [0.25, 0.3) is 0 Å². The quantitative estimate of drug-likeness (QED) is 0.905. The number of nitrogens with zero attached hydrogens (tertiary/aromatic N) is 4.